The van der Waals surface area contributed by atoms with E-state index in [2.05, 4.69) is 36.8 Å². The van der Waals surface area contributed by atoms with Crippen LogP contribution >= 0.6 is 0 Å². The van der Waals surface area contributed by atoms with Crippen molar-refractivity contribution in [3.63, 3.8) is 0 Å². The number of hydrogen-bond donors (Lipinski definition) is 1. The number of carbonyl (C=O) groups is 1. The number of amides is 1. The minimum atomic E-state index is -0.180. The molecule has 1 atom stereocenters. The summed E-state index contributed by atoms with van der Waals surface area (Å²) in [5, 5.41) is 0. The highest BCUT2D eigenvalue weighted by Gasteiger charge is 2.34. The number of likely N-dealkylation sites (tertiary alicyclic amines) is 1. The molecule has 2 rings (SSSR count). The van der Waals surface area contributed by atoms with Crippen molar-refractivity contribution < 1.29 is 4.79 Å². The number of piperidine rings is 1. The van der Waals surface area contributed by atoms with Crippen molar-refractivity contribution in [1.29, 1.82) is 0 Å². The highest BCUT2D eigenvalue weighted by atomic mass is 16.2. The van der Waals surface area contributed by atoms with E-state index in [-0.39, 0.29) is 16.9 Å². The van der Waals surface area contributed by atoms with E-state index in [4.69, 9.17) is 0 Å². The number of allylic oxidation sites excluding steroid dienone is 2. The summed E-state index contributed by atoms with van der Waals surface area (Å²) < 4.78 is 0. The van der Waals surface area contributed by atoms with Gasteiger partial charge in [-0.05, 0) is 38.5 Å². The topological polar surface area (TPSA) is 66.1 Å². The lowest BCUT2D eigenvalue weighted by molar-refractivity contribution is -0.138. The lowest BCUT2D eigenvalue weighted by Crippen LogP contribution is -2.44. The van der Waals surface area contributed by atoms with Gasteiger partial charge in [0.05, 0.1) is 18.6 Å². The second kappa shape index (κ2) is 6.90. The maximum absolute atomic E-state index is 12.2. The average molecular weight is 303 g/mol. The molecule has 1 aliphatic heterocycles. The molecule has 0 saturated carbocycles. The van der Waals surface area contributed by atoms with Gasteiger partial charge >= 0.3 is 0 Å². The molecule has 1 amide bonds. The lowest BCUT2D eigenvalue weighted by atomic mass is 9.77. The van der Waals surface area contributed by atoms with Crippen LogP contribution in [0.1, 0.15) is 52.1 Å². The van der Waals surface area contributed by atoms with Crippen LogP contribution in [-0.4, -0.2) is 27.3 Å². The Balaban J connectivity index is 2.02. The van der Waals surface area contributed by atoms with Crippen molar-refractivity contribution in [3.05, 3.63) is 40.1 Å². The molecule has 1 fully saturated rings. The number of nitrogens with zero attached hydrogens (tertiary/aromatic N) is 2. The molecule has 5 nitrogen and oxygen atoms in total. The normalized spacial score (nSPS) is 21.8. The molecule has 0 bridgehead atoms. The van der Waals surface area contributed by atoms with Crippen molar-refractivity contribution in [1.82, 2.24) is 14.9 Å². The first-order valence-electron chi connectivity index (χ1n) is 7.83. The zero-order chi connectivity index (χ0) is 16.2. The highest BCUT2D eigenvalue weighted by Crippen LogP contribution is 2.35. The molecule has 0 aliphatic carbocycles. The van der Waals surface area contributed by atoms with Crippen LogP contribution in [-0.2, 0) is 11.3 Å². The number of aromatic amines is 1. The molecule has 5 heteroatoms. The van der Waals surface area contributed by atoms with Crippen LogP contribution in [0, 0.1) is 5.41 Å². The summed E-state index contributed by atoms with van der Waals surface area (Å²) in [4.78, 5) is 32.0. The number of nitrogens with one attached hydrogen (secondary N) is 1. The van der Waals surface area contributed by atoms with E-state index in [0.29, 0.717) is 18.7 Å². The van der Waals surface area contributed by atoms with Crippen LogP contribution in [0.3, 0.4) is 0 Å². The van der Waals surface area contributed by atoms with Crippen LogP contribution in [0.5, 0.6) is 0 Å². The molecule has 120 valence electrons. The Kier molecular flexibility index (Phi) is 5.16. The van der Waals surface area contributed by atoms with Crippen LogP contribution < -0.4 is 5.56 Å². The standard InChI is InChI=1S/C17H25N3O2/c1-13(2)5-4-7-17(3)8-6-16(22)20(11-17)10-14-9-15(21)19-12-18-14/h5,9,12H,4,6-8,10-11H2,1-3H3,(H,18,19,21)/t17-/m1/s1. The molecule has 22 heavy (non-hydrogen) atoms. The van der Waals surface area contributed by atoms with Gasteiger partial charge in [-0.15, -0.1) is 0 Å². The van der Waals surface area contributed by atoms with Gasteiger partial charge in [0.15, 0.2) is 0 Å². The van der Waals surface area contributed by atoms with Crippen LogP contribution in [0.15, 0.2) is 28.8 Å². The third kappa shape index (κ3) is 4.55. The van der Waals surface area contributed by atoms with E-state index in [1.165, 1.54) is 18.0 Å². The second-order valence-corrected chi connectivity index (χ2v) is 6.78. The van der Waals surface area contributed by atoms with E-state index in [9.17, 15) is 9.59 Å². The molecule has 1 aromatic heterocycles. The summed E-state index contributed by atoms with van der Waals surface area (Å²) in [7, 11) is 0. The predicted octanol–water partition coefficient (Wildman–Crippen LogP) is 2.65. The monoisotopic (exact) mass is 303 g/mol. The van der Waals surface area contributed by atoms with Crippen LogP contribution in [0.25, 0.3) is 0 Å². The molecule has 1 aliphatic rings. The first-order valence-corrected chi connectivity index (χ1v) is 7.83. The molecule has 0 spiro atoms. The Hall–Kier alpha value is -1.91. The van der Waals surface area contributed by atoms with Gasteiger partial charge in [-0.3, -0.25) is 9.59 Å². The van der Waals surface area contributed by atoms with Crippen molar-refractivity contribution >= 4 is 5.91 Å². The van der Waals surface area contributed by atoms with Gasteiger partial charge in [-0.1, -0.05) is 18.6 Å². The van der Waals surface area contributed by atoms with Gasteiger partial charge in [-0.2, -0.15) is 0 Å². The van der Waals surface area contributed by atoms with Crippen LogP contribution in [0.2, 0.25) is 0 Å². The number of aromatic nitrogens is 2. The van der Waals surface area contributed by atoms with Gasteiger partial charge in [0.25, 0.3) is 5.56 Å². The summed E-state index contributed by atoms with van der Waals surface area (Å²) >= 11 is 0. The van der Waals surface area contributed by atoms with E-state index >= 15 is 0 Å². The quantitative estimate of drug-likeness (QED) is 0.850. The summed E-state index contributed by atoms with van der Waals surface area (Å²) in [5.74, 6) is 0.154. The molecule has 0 aromatic carbocycles. The second-order valence-electron chi connectivity index (χ2n) is 6.78. The molecular formula is C17H25N3O2. The molecule has 1 aromatic rings. The third-order valence-electron chi connectivity index (χ3n) is 4.26. The minimum absolute atomic E-state index is 0.140. The molecule has 1 saturated heterocycles. The van der Waals surface area contributed by atoms with Crippen molar-refractivity contribution in [2.75, 3.05) is 6.54 Å². The molecular weight excluding hydrogens is 278 g/mol. The minimum Gasteiger partial charge on any atom is -0.336 e. The Morgan fingerprint density at radius 1 is 1.45 bits per heavy atom. The van der Waals surface area contributed by atoms with Crippen molar-refractivity contribution in [3.8, 4) is 0 Å². The zero-order valence-electron chi connectivity index (χ0n) is 13.7. The Morgan fingerprint density at radius 3 is 2.91 bits per heavy atom. The lowest BCUT2D eigenvalue weighted by Gasteiger charge is -2.40. The summed E-state index contributed by atoms with van der Waals surface area (Å²) in [6, 6.07) is 1.46. The number of rotatable bonds is 5. The predicted molar refractivity (Wildman–Crippen MR) is 86.3 cm³/mol. The van der Waals surface area contributed by atoms with Gasteiger partial charge in [0.2, 0.25) is 5.91 Å². The largest absolute Gasteiger partial charge is 0.336 e. The Morgan fingerprint density at radius 2 is 2.23 bits per heavy atom. The van der Waals surface area contributed by atoms with E-state index in [1.807, 2.05) is 4.90 Å². The summed E-state index contributed by atoms with van der Waals surface area (Å²) in [6.07, 6.45) is 7.27. The molecule has 2 heterocycles. The molecule has 1 N–H and O–H groups in total. The maximum Gasteiger partial charge on any atom is 0.250 e. The molecule has 0 radical (unpaired) electrons. The Labute approximate surface area is 131 Å². The maximum atomic E-state index is 12.2. The third-order valence-corrected chi connectivity index (χ3v) is 4.26. The van der Waals surface area contributed by atoms with Crippen molar-refractivity contribution in [2.24, 2.45) is 5.41 Å². The fraction of sp³-hybridized carbons (Fsp3) is 0.588. The number of carbonyl (C=O) groups excluding carboxylic acids is 1. The van der Waals surface area contributed by atoms with Gasteiger partial charge in [0.1, 0.15) is 0 Å². The van der Waals surface area contributed by atoms with Gasteiger partial charge < -0.3 is 9.88 Å². The first kappa shape index (κ1) is 16.5. The van der Waals surface area contributed by atoms with Gasteiger partial charge in [0, 0.05) is 19.0 Å². The molecule has 0 unspecified atom stereocenters. The first-order chi connectivity index (χ1) is 10.4. The fourth-order valence-corrected chi connectivity index (χ4v) is 2.94. The highest BCUT2D eigenvalue weighted by molar-refractivity contribution is 5.77. The van der Waals surface area contributed by atoms with E-state index in [1.54, 1.807) is 0 Å². The fourth-order valence-electron chi connectivity index (χ4n) is 2.94. The summed E-state index contributed by atoms with van der Waals surface area (Å²) in [5.41, 5.74) is 1.94. The average Bonchev–Trinajstić information content (AvgIpc) is 2.43. The van der Waals surface area contributed by atoms with Gasteiger partial charge in [-0.25, -0.2) is 4.98 Å². The van der Waals surface area contributed by atoms with E-state index < -0.39 is 0 Å². The van der Waals surface area contributed by atoms with E-state index in [0.717, 1.165) is 25.8 Å². The number of H-pyrrole nitrogens is 1. The SMILES string of the molecule is CC(C)=CCC[C@]1(C)CCC(=O)N(Cc2cc(=O)[nH]cn2)C1. The van der Waals surface area contributed by atoms with Crippen LogP contribution in [0.4, 0.5) is 0 Å². The summed E-state index contributed by atoms with van der Waals surface area (Å²) in [6.45, 7) is 7.61. The van der Waals surface area contributed by atoms with Crippen molar-refractivity contribution in [2.45, 2.75) is 53.0 Å². The Bertz CT molecular complexity index is 616. The number of hydrogen-bond acceptors (Lipinski definition) is 3. The smallest absolute Gasteiger partial charge is 0.250 e. The zero-order valence-corrected chi connectivity index (χ0v) is 13.7.